The average molecular weight is 1100 g/mol. The molecule has 5 aliphatic rings. The number of rotatable bonds is 29. The van der Waals surface area contributed by atoms with Crippen molar-refractivity contribution in [1.29, 1.82) is 0 Å². The Morgan fingerprint density at radius 2 is 1.46 bits per heavy atom. The number of anilines is 1. The number of aromatic nitrogens is 3. The number of terminal acetylenes is 1. The van der Waals surface area contributed by atoms with E-state index in [0.717, 1.165) is 57.9 Å². The fourth-order valence-electron chi connectivity index (χ4n) is 13.0. The van der Waals surface area contributed by atoms with Crippen molar-refractivity contribution in [2.45, 2.75) is 217 Å². The third-order valence-electron chi connectivity index (χ3n) is 17.2. The summed E-state index contributed by atoms with van der Waals surface area (Å²) in [4.78, 5) is 60.2. The second kappa shape index (κ2) is 27.5. The lowest BCUT2D eigenvalue weighted by Gasteiger charge is -2.45. The number of nitrogens with zero attached hydrogens (tertiary/aromatic N) is 6. The molecular weight excluding hydrogens is 1010 g/mol. The van der Waals surface area contributed by atoms with Gasteiger partial charge in [0, 0.05) is 43.3 Å². The van der Waals surface area contributed by atoms with Crippen molar-refractivity contribution in [3.05, 3.63) is 41.5 Å². The van der Waals surface area contributed by atoms with E-state index in [1.165, 1.54) is 95.2 Å². The molecule has 7 heterocycles. The summed E-state index contributed by atoms with van der Waals surface area (Å²) in [6, 6.07) is 4.26. The monoisotopic (exact) mass is 1090 g/mol. The molecule has 9 rings (SSSR count). The number of carbonyl (C=O) groups is 3. The van der Waals surface area contributed by atoms with Gasteiger partial charge in [-0.1, -0.05) is 141 Å². The maximum absolute atomic E-state index is 18.0. The highest BCUT2D eigenvalue weighted by Gasteiger charge is 2.52. The number of amides is 1. The van der Waals surface area contributed by atoms with Crippen LogP contribution in [-0.4, -0.2) is 112 Å². The third-order valence-corrected chi connectivity index (χ3v) is 17.2. The number of pyridine rings is 1. The molecule has 4 saturated heterocycles. The van der Waals surface area contributed by atoms with Crippen LogP contribution in [0.3, 0.4) is 0 Å². The number of hydrogen-bond acceptors (Lipinski definition) is 13. The summed E-state index contributed by atoms with van der Waals surface area (Å²) in [5.41, 5.74) is -1.14. The predicted octanol–water partition coefficient (Wildman–Crippen LogP) is 13.6. The fraction of sp³-hybridized carbons (Fsp3) is 0.645. The van der Waals surface area contributed by atoms with E-state index in [4.69, 9.17) is 45.1 Å². The lowest BCUT2D eigenvalue weighted by Crippen LogP contribution is -2.63. The zero-order valence-corrected chi connectivity index (χ0v) is 46.6. The first-order valence-electron chi connectivity index (χ1n) is 29.9. The number of esters is 2. The minimum atomic E-state index is -1.01. The first kappa shape index (κ1) is 57.8. The largest absolute Gasteiger partial charge is 0.475 e. The number of piperazine rings is 1. The number of benzene rings is 2. The van der Waals surface area contributed by atoms with Crippen LogP contribution in [0.15, 0.2) is 24.3 Å². The van der Waals surface area contributed by atoms with Gasteiger partial charge in [-0.2, -0.15) is 9.97 Å². The molecule has 79 heavy (non-hydrogen) atoms. The topological polar surface area (TPSA) is 146 Å². The molecule has 5 atom stereocenters. The van der Waals surface area contributed by atoms with Crippen molar-refractivity contribution in [3.8, 4) is 41.2 Å². The van der Waals surface area contributed by atoms with Gasteiger partial charge in [-0.25, -0.2) is 22.9 Å². The van der Waals surface area contributed by atoms with Gasteiger partial charge >= 0.3 is 24.0 Å². The van der Waals surface area contributed by atoms with Gasteiger partial charge in [0.15, 0.2) is 5.82 Å². The number of ether oxygens (including phenoxy) is 5. The Morgan fingerprint density at radius 3 is 2.14 bits per heavy atom. The molecule has 4 aromatic rings. The maximum Gasteiger partial charge on any atom is 0.413 e. The molecule has 5 aliphatic heterocycles. The molecule has 17 heteroatoms. The van der Waals surface area contributed by atoms with Crippen LogP contribution < -0.4 is 19.1 Å². The normalized spacial score (nSPS) is 21.2. The Morgan fingerprint density at radius 1 is 0.785 bits per heavy atom. The van der Waals surface area contributed by atoms with Gasteiger partial charge in [-0.05, 0) is 68.7 Å². The molecule has 14 nitrogen and oxygen atoms in total. The first-order chi connectivity index (χ1) is 38.5. The molecule has 4 fully saturated rings. The zero-order valence-electron chi connectivity index (χ0n) is 46.6. The summed E-state index contributed by atoms with van der Waals surface area (Å²) in [5.74, 6) is 0.314. The number of unbranched alkanes of at least 4 members (excludes halogenated alkanes) is 18. The quantitative estimate of drug-likeness (QED) is 0.0167. The van der Waals surface area contributed by atoms with Gasteiger partial charge < -0.3 is 28.6 Å². The van der Waals surface area contributed by atoms with E-state index in [1.54, 1.807) is 11.0 Å². The van der Waals surface area contributed by atoms with Gasteiger partial charge in [-0.15, -0.1) is 6.42 Å². The van der Waals surface area contributed by atoms with Crippen molar-refractivity contribution < 1.29 is 51.2 Å². The summed E-state index contributed by atoms with van der Waals surface area (Å²) in [6.07, 6.45) is 30.5. The molecule has 0 N–H and O–H groups in total. The van der Waals surface area contributed by atoms with Crippen LogP contribution in [-0.2, 0) is 19.1 Å². The summed E-state index contributed by atoms with van der Waals surface area (Å²) >= 11 is 0. The molecule has 1 amide bonds. The van der Waals surface area contributed by atoms with E-state index in [-0.39, 0.29) is 102 Å². The summed E-state index contributed by atoms with van der Waals surface area (Å²) in [7, 11) is 0. The SMILES string of the molecule is C#Cc1c(F)ccc2cc(OC(=O)CCCCCCCCCCCCCCC)cc(-c3nc4c5c(nc(OC[C@@]67CCCN6C[C@H](F)C7)nc5c3F)N3C[C@H]5CC[C@@H]([C@H]3CO4)N5C(=O)OCOC(=O)CCCCCCCCC)c12. The molecule has 2 aromatic heterocycles. The highest BCUT2D eigenvalue weighted by molar-refractivity contribution is 6.04. The molecule has 2 aromatic carbocycles. The summed E-state index contributed by atoms with van der Waals surface area (Å²) in [6.45, 7) is 5.25. The lowest BCUT2D eigenvalue weighted by molar-refractivity contribution is -0.152. The molecule has 2 bridgehead atoms. The Kier molecular flexibility index (Phi) is 20.1. The van der Waals surface area contributed by atoms with Gasteiger partial charge in [0.2, 0.25) is 12.7 Å². The second-order valence-corrected chi connectivity index (χ2v) is 22.8. The van der Waals surface area contributed by atoms with Crippen LogP contribution in [0.5, 0.6) is 17.6 Å². The van der Waals surface area contributed by atoms with Crippen LogP contribution in [0.25, 0.3) is 32.9 Å². The third kappa shape index (κ3) is 13.7. The van der Waals surface area contributed by atoms with Gasteiger partial charge in [-0.3, -0.25) is 19.4 Å². The Labute approximate surface area is 464 Å². The van der Waals surface area contributed by atoms with E-state index in [0.29, 0.717) is 37.6 Å². The predicted molar refractivity (Wildman–Crippen MR) is 298 cm³/mol. The van der Waals surface area contributed by atoms with Crippen LogP contribution in [0.2, 0.25) is 0 Å². The van der Waals surface area contributed by atoms with Crippen molar-refractivity contribution >= 4 is 45.5 Å². The average Bonchev–Trinajstić information content (AvgIpc) is 4.30. The maximum atomic E-state index is 18.0. The number of hydrogen-bond donors (Lipinski definition) is 0. The van der Waals surface area contributed by atoms with Gasteiger partial charge in [0.25, 0.3) is 0 Å². The van der Waals surface area contributed by atoms with E-state index in [2.05, 4.69) is 24.7 Å². The zero-order chi connectivity index (χ0) is 55.3. The number of halogens is 3. The molecule has 0 unspecified atom stereocenters. The lowest BCUT2D eigenvalue weighted by atomic mass is 9.95. The number of alkyl halides is 1. The Bertz CT molecular complexity index is 2810. The van der Waals surface area contributed by atoms with E-state index < -0.39 is 60.3 Å². The van der Waals surface area contributed by atoms with Gasteiger partial charge in [0.05, 0.1) is 29.2 Å². The molecule has 0 aliphatic carbocycles. The van der Waals surface area contributed by atoms with Crippen molar-refractivity contribution in [2.75, 3.05) is 44.5 Å². The minimum Gasteiger partial charge on any atom is -0.475 e. The van der Waals surface area contributed by atoms with Crippen molar-refractivity contribution in [1.82, 2.24) is 24.8 Å². The molecular formula is C62H81F3N6O8. The van der Waals surface area contributed by atoms with Crippen LogP contribution in [0.4, 0.5) is 23.8 Å². The highest BCUT2D eigenvalue weighted by atomic mass is 19.1. The van der Waals surface area contributed by atoms with E-state index >= 15 is 8.78 Å². The molecule has 0 radical (unpaired) electrons. The molecule has 0 spiro atoms. The Balaban J connectivity index is 0.957. The van der Waals surface area contributed by atoms with Crippen molar-refractivity contribution in [2.24, 2.45) is 0 Å². The van der Waals surface area contributed by atoms with Crippen LogP contribution >= 0.6 is 0 Å². The van der Waals surface area contributed by atoms with Gasteiger partial charge in [0.1, 0.15) is 53.4 Å². The number of carbonyl (C=O) groups excluding carboxylic acids is 3. The van der Waals surface area contributed by atoms with E-state index in [9.17, 15) is 18.8 Å². The minimum absolute atomic E-state index is 0.0199. The van der Waals surface area contributed by atoms with Crippen LogP contribution in [0.1, 0.15) is 193 Å². The number of fused-ring (bicyclic) bond motifs is 7. The van der Waals surface area contributed by atoms with Crippen molar-refractivity contribution in [3.63, 3.8) is 0 Å². The standard InChI is InChI=1S/C62H81F3N6O8/c1-4-7-9-11-13-14-15-16-17-18-20-22-24-27-52(73)79-45-34-42-28-30-48(64)46(6-3)53(42)47(35-45)56-55(65)57-54-58(68-60(67-57)76-40-62-32-25-33-69(62)37-43(63)36-62)70-38-44-29-31-49(50(70)39-75-59(54)66-56)71(44)61(74)78-41-77-51(72)26-23-21-19-12-10-8-5-2/h3,28,30,34-35,43-44,49-50H,4-5,7-27,29,31-33,36-41H2,1-2H3/t43-,44-,49+,50-,62+/m1/s1. The highest BCUT2D eigenvalue weighted by Crippen LogP contribution is 2.47. The molecule has 428 valence electrons. The first-order valence-corrected chi connectivity index (χ1v) is 29.9. The summed E-state index contributed by atoms with van der Waals surface area (Å²) in [5, 5.41) is 0.728. The second-order valence-electron chi connectivity index (χ2n) is 22.8. The van der Waals surface area contributed by atoms with Crippen LogP contribution in [0, 0.1) is 24.0 Å². The Hall–Kier alpha value is -5.89. The summed E-state index contributed by atoms with van der Waals surface area (Å²) < 4.78 is 78.6. The van der Waals surface area contributed by atoms with E-state index in [1.807, 2.05) is 4.90 Å². The molecule has 0 saturated carbocycles. The fourth-order valence-corrected chi connectivity index (χ4v) is 13.0. The smallest absolute Gasteiger partial charge is 0.413 e.